The molecular formula is C14H20F2N2O3. The number of halogens is 2. The van der Waals surface area contributed by atoms with Crippen LogP contribution in [-0.4, -0.2) is 33.1 Å². The molecule has 118 valence electrons. The van der Waals surface area contributed by atoms with Gasteiger partial charge in [-0.25, -0.2) is 4.79 Å². The van der Waals surface area contributed by atoms with E-state index in [1.807, 2.05) is 6.92 Å². The highest BCUT2D eigenvalue weighted by molar-refractivity contribution is 5.87. The number of aromatic carboxylic acids is 1. The first-order valence-electron chi connectivity index (χ1n) is 6.97. The van der Waals surface area contributed by atoms with Gasteiger partial charge in [0, 0.05) is 19.1 Å². The Labute approximate surface area is 121 Å². The Morgan fingerprint density at radius 1 is 1.52 bits per heavy atom. The maximum Gasteiger partial charge on any atom is 0.354 e. The monoisotopic (exact) mass is 302 g/mol. The van der Waals surface area contributed by atoms with Gasteiger partial charge in [-0.3, -0.25) is 4.68 Å². The maximum atomic E-state index is 13.5. The standard InChI is InChI=1S/C14H20F2N2O3/c1-9-10(12(19)20)18(17-11(9)14(3,15)16)8-13(2)6-4-5-7-21-13/h4-8H2,1-3H3,(H,19,20). The number of hydrogen-bond acceptors (Lipinski definition) is 3. The van der Waals surface area contributed by atoms with Crippen molar-refractivity contribution in [1.82, 2.24) is 9.78 Å². The molecule has 21 heavy (non-hydrogen) atoms. The molecule has 1 saturated heterocycles. The zero-order valence-electron chi connectivity index (χ0n) is 12.4. The summed E-state index contributed by atoms with van der Waals surface area (Å²) in [7, 11) is 0. The van der Waals surface area contributed by atoms with Crippen LogP contribution < -0.4 is 0 Å². The van der Waals surface area contributed by atoms with E-state index in [4.69, 9.17) is 4.74 Å². The largest absolute Gasteiger partial charge is 0.477 e. The second-order valence-electron chi connectivity index (χ2n) is 5.93. The SMILES string of the molecule is Cc1c(C(C)(F)F)nn(CC2(C)CCCCO2)c1C(=O)O. The highest BCUT2D eigenvalue weighted by Gasteiger charge is 2.37. The molecule has 0 saturated carbocycles. The minimum atomic E-state index is -3.17. The Morgan fingerprint density at radius 2 is 2.19 bits per heavy atom. The van der Waals surface area contributed by atoms with Crippen molar-refractivity contribution in [2.24, 2.45) is 0 Å². The fourth-order valence-corrected chi connectivity index (χ4v) is 2.79. The first kappa shape index (κ1) is 15.9. The van der Waals surface area contributed by atoms with Crippen LogP contribution in [0.1, 0.15) is 54.9 Å². The van der Waals surface area contributed by atoms with Gasteiger partial charge in [0.05, 0.1) is 12.1 Å². The third-order valence-electron chi connectivity index (χ3n) is 3.84. The van der Waals surface area contributed by atoms with Crippen molar-refractivity contribution in [1.29, 1.82) is 0 Å². The smallest absolute Gasteiger partial charge is 0.354 e. The predicted octanol–water partition coefficient (Wildman–Crippen LogP) is 2.96. The van der Waals surface area contributed by atoms with Crippen LogP contribution in [0.15, 0.2) is 0 Å². The molecule has 0 aliphatic carbocycles. The lowest BCUT2D eigenvalue weighted by Gasteiger charge is -2.34. The van der Waals surface area contributed by atoms with Crippen LogP contribution in [0.2, 0.25) is 0 Å². The summed E-state index contributed by atoms with van der Waals surface area (Å²) in [5.74, 6) is -4.43. The van der Waals surface area contributed by atoms with Gasteiger partial charge in [0.15, 0.2) is 0 Å². The summed E-state index contributed by atoms with van der Waals surface area (Å²) in [5.41, 5.74) is -1.24. The lowest BCUT2D eigenvalue weighted by Crippen LogP contribution is -2.38. The zero-order valence-corrected chi connectivity index (χ0v) is 12.4. The van der Waals surface area contributed by atoms with Gasteiger partial charge >= 0.3 is 5.97 Å². The van der Waals surface area contributed by atoms with Crippen molar-refractivity contribution in [2.75, 3.05) is 6.61 Å². The molecule has 1 fully saturated rings. The van der Waals surface area contributed by atoms with Crippen molar-refractivity contribution in [3.8, 4) is 0 Å². The van der Waals surface area contributed by atoms with Crippen LogP contribution in [0.3, 0.4) is 0 Å². The highest BCUT2D eigenvalue weighted by Crippen LogP contribution is 2.32. The lowest BCUT2D eigenvalue weighted by atomic mass is 9.96. The van der Waals surface area contributed by atoms with Crippen molar-refractivity contribution >= 4 is 5.97 Å². The number of carboxylic acids is 1. The van der Waals surface area contributed by atoms with Crippen molar-refractivity contribution in [2.45, 2.75) is 58.1 Å². The minimum Gasteiger partial charge on any atom is -0.477 e. The predicted molar refractivity (Wildman–Crippen MR) is 71.7 cm³/mol. The molecule has 0 bridgehead atoms. The maximum absolute atomic E-state index is 13.5. The number of rotatable bonds is 4. The topological polar surface area (TPSA) is 64.4 Å². The van der Waals surface area contributed by atoms with Crippen LogP contribution in [0.5, 0.6) is 0 Å². The van der Waals surface area contributed by atoms with Crippen LogP contribution in [0, 0.1) is 6.92 Å². The van der Waals surface area contributed by atoms with E-state index < -0.39 is 23.2 Å². The molecule has 0 aromatic carbocycles. The summed E-state index contributed by atoms with van der Waals surface area (Å²) in [6.07, 6.45) is 2.68. The summed E-state index contributed by atoms with van der Waals surface area (Å²) in [6.45, 7) is 4.70. The molecule has 1 aromatic heterocycles. The van der Waals surface area contributed by atoms with Gasteiger partial charge < -0.3 is 9.84 Å². The van der Waals surface area contributed by atoms with E-state index in [-0.39, 0.29) is 17.8 Å². The van der Waals surface area contributed by atoms with E-state index in [0.717, 1.165) is 30.9 Å². The number of hydrogen-bond donors (Lipinski definition) is 1. The molecule has 0 radical (unpaired) electrons. The van der Waals surface area contributed by atoms with Crippen molar-refractivity contribution in [3.63, 3.8) is 0 Å². The number of carbonyl (C=O) groups is 1. The van der Waals surface area contributed by atoms with E-state index in [1.165, 1.54) is 6.92 Å². The number of alkyl halides is 2. The molecule has 5 nitrogen and oxygen atoms in total. The molecule has 1 N–H and O–H groups in total. The minimum absolute atomic E-state index is 0.00871. The van der Waals surface area contributed by atoms with Crippen LogP contribution in [0.25, 0.3) is 0 Å². The summed E-state index contributed by atoms with van der Waals surface area (Å²) >= 11 is 0. The highest BCUT2D eigenvalue weighted by atomic mass is 19.3. The molecule has 2 heterocycles. The first-order chi connectivity index (χ1) is 9.64. The van der Waals surface area contributed by atoms with Crippen LogP contribution >= 0.6 is 0 Å². The van der Waals surface area contributed by atoms with Gasteiger partial charge in [-0.1, -0.05) is 0 Å². The molecule has 0 amide bonds. The normalized spacial score (nSPS) is 23.3. The van der Waals surface area contributed by atoms with Crippen molar-refractivity contribution in [3.05, 3.63) is 17.0 Å². The molecule has 1 atom stereocenters. The molecule has 7 heteroatoms. The summed E-state index contributed by atoms with van der Waals surface area (Å²) in [6, 6.07) is 0. The van der Waals surface area contributed by atoms with E-state index in [0.29, 0.717) is 6.61 Å². The third-order valence-corrected chi connectivity index (χ3v) is 3.84. The number of nitrogens with zero attached hydrogens (tertiary/aromatic N) is 2. The average Bonchev–Trinajstić information content (AvgIpc) is 2.66. The van der Waals surface area contributed by atoms with Crippen LogP contribution in [-0.2, 0) is 17.2 Å². The fraction of sp³-hybridized carbons (Fsp3) is 0.714. The Bertz CT molecular complexity index is 543. The first-order valence-corrected chi connectivity index (χ1v) is 6.97. The Hall–Kier alpha value is -1.50. The lowest BCUT2D eigenvalue weighted by molar-refractivity contribution is -0.0779. The second-order valence-corrected chi connectivity index (χ2v) is 5.93. The molecule has 1 unspecified atom stereocenters. The van der Waals surface area contributed by atoms with Gasteiger partial charge in [-0.15, -0.1) is 0 Å². The second kappa shape index (κ2) is 5.36. The quantitative estimate of drug-likeness (QED) is 0.928. The average molecular weight is 302 g/mol. The number of aromatic nitrogens is 2. The van der Waals surface area contributed by atoms with Gasteiger partial charge in [0.1, 0.15) is 11.4 Å². The van der Waals surface area contributed by atoms with Gasteiger partial charge in [-0.2, -0.15) is 13.9 Å². The van der Waals surface area contributed by atoms with E-state index in [9.17, 15) is 18.7 Å². The van der Waals surface area contributed by atoms with E-state index >= 15 is 0 Å². The third kappa shape index (κ3) is 3.23. The summed E-state index contributed by atoms with van der Waals surface area (Å²) in [5, 5.41) is 13.1. The summed E-state index contributed by atoms with van der Waals surface area (Å²) < 4.78 is 33.9. The Kier molecular flexibility index (Phi) is 4.06. The molecule has 1 aromatic rings. The Balaban J connectivity index is 2.40. The number of ether oxygens (including phenoxy) is 1. The molecular weight excluding hydrogens is 282 g/mol. The molecule has 1 aliphatic heterocycles. The Morgan fingerprint density at radius 3 is 2.67 bits per heavy atom. The van der Waals surface area contributed by atoms with Gasteiger partial charge in [0.25, 0.3) is 5.92 Å². The number of carboxylic acid groups (broad SMARTS) is 1. The van der Waals surface area contributed by atoms with Crippen LogP contribution in [0.4, 0.5) is 8.78 Å². The molecule has 1 aliphatic rings. The van der Waals surface area contributed by atoms with Gasteiger partial charge in [0.2, 0.25) is 0 Å². The van der Waals surface area contributed by atoms with Crippen molar-refractivity contribution < 1.29 is 23.4 Å². The fourth-order valence-electron chi connectivity index (χ4n) is 2.79. The van der Waals surface area contributed by atoms with E-state index in [1.54, 1.807) is 0 Å². The summed E-state index contributed by atoms with van der Waals surface area (Å²) in [4.78, 5) is 11.4. The zero-order chi connectivity index (χ0) is 15.8. The van der Waals surface area contributed by atoms with Gasteiger partial charge in [-0.05, 0) is 33.1 Å². The van der Waals surface area contributed by atoms with E-state index in [2.05, 4.69) is 5.10 Å². The molecule has 0 spiro atoms. The molecule has 2 rings (SSSR count).